The van der Waals surface area contributed by atoms with Gasteiger partial charge in [0.1, 0.15) is 12.1 Å². The molecule has 7 heteroatoms. The van der Waals surface area contributed by atoms with Crippen LogP contribution in [0.15, 0.2) is 48.8 Å². The van der Waals surface area contributed by atoms with Crippen LogP contribution in [0.1, 0.15) is 24.2 Å². The van der Waals surface area contributed by atoms with E-state index in [1.807, 2.05) is 30.3 Å². The van der Waals surface area contributed by atoms with Crippen LogP contribution in [-0.4, -0.2) is 26.7 Å². The van der Waals surface area contributed by atoms with E-state index in [1.165, 1.54) is 6.33 Å². The summed E-state index contributed by atoms with van der Waals surface area (Å²) in [7, 11) is 1.64. The van der Waals surface area contributed by atoms with Crippen molar-refractivity contribution in [2.75, 3.05) is 12.4 Å². The van der Waals surface area contributed by atoms with Gasteiger partial charge in [0, 0.05) is 23.6 Å². The Morgan fingerprint density at radius 3 is 2.81 bits per heavy atom. The first kappa shape index (κ1) is 16.8. The molecule has 2 heterocycles. The summed E-state index contributed by atoms with van der Waals surface area (Å²) >= 11 is 6.35. The lowest BCUT2D eigenvalue weighted by Crippen LogP contribution is -2.12. The van der Waals surface area contributed by atoms with Crippen molar-refractivity contribution in [3.05, 3.63) is 65.1 Å². The minimum atomic E-state index is 0.0300. The molecule has 1 N–H and O–H groups in total. The van der Waals surface area contributed by atoms with Crippen LogP contribution in [0.4, 0.5) is 5.82 Å². The molecule has 0 spiro atoms. The highest BCUT2D eigenvalue weighted by atomic mass is 35.5. The first-order valence-corrected chi connectivity index (χ1v) is 8.67. The second kappa shape index (κ2) is 6.90. The van der Waals surface area contributed by atoms with E-state index in [2.05, 4.69) is 39.4 Å². The molecule has 4 rings (SSSR count). The highest BCUT2D eigenvalue weighted by Crippen LogP contribution is 2.31. The van der Waals surface area contributed by atoms with Gasteiger partial charge < -0.3 is 10.1 Å². The highest BCUT2D eigenvalue weighted by Gasteiger charge is 2.14. The summed E-state index contributed by atoms with van der Waals surface area (Å²) in [4.78, 5) is 8.63. The second-order valence-corrected chi connectivity index (χ2v) is 6.49. The first-order valence-electron chi connectivity index (χ1n) is 8.29. The van der Waals surface area contributed by atoms with Gasteiger partial charge in [0.05, 0.1) is 18.3 Å². The number of anilines is 1. The maximum atomic E-state index is 6.35. The predicted molar refractivity (Wildman–Crippen MR) is 102 cm³/mol. The Bertz CT molecular complexity index is 1080. The zero-order valence-corrected chi connectivity index (χ0v) is 15.2. The molecule has 2 aromatic heterocycles. The standard InChI is InChI=1S/C19H18ClN5O/c1-12(14-7-8-17(20)16-6-4-3-5-15(14)16)23-18-9-13(10-26-2)24-19-21-11-22-25(18)19/h3-9,11-12,23H,10H2,1-2H3. The van der Waals surface area contributed by atoms with Crippen LogP contribution in [0.25, 0.3) is 16.6 Å². The molecule has 0 aliphatic heterocycles. The number of fused-ring (bicyclic) bond motifs is 2. The van der Waals surface area contributed by atoms with E-state index in [4.69, 9.17) is 16.3 Å². The average molecular weight is 368 g/mol. The normalized spacial score (nSPS) is 12.6. The van der Waals surface area contributed by atoms with E-state index < -0.39 is 0 Å². The Morgan fingerprint density at radius 2 is 2.00 bits per heavy atom. The number of rotatable bonds is 5. The van der Waals surface area contributed by atoms with E-state index in [1.54, 1.807) is 11.6 Å². The number of aromatic nitrogens is 4. The Balaban J connectivity index is 1.75. The summed E-state index contributed by atoms with van der Waals surface area (Å²) in [5, 5.41) is 10.7. The molecule has 0 fully saturated rings. The summed E-state index contributed by atoms with van der Waals surface area (Å²) < 4.78 is 6.89. The minimum absolute atomic E-state index is 0.0300. The van der Waals surface area contributed by atoms with Crippen molar-refractivity contribution in [2.24, 2.45) is 0 Å². The first-order chi connectivity index (χ1) is 12.7. The zero-order valence-electron chi connectivity index (χ0n) is 14.5. The van der Waals surface area contributed by atoms with Gasteiger partial charge in [-0.3, -0.25) is 0 Å². The Kier molecular flexibility index (Phi) is 4.44. The molecule has 2 aromatic carbocycles. The molecule has 26 heavy (non-hydrogen) atoms. The van der Waals surface area contributed by atoms with E-state index in [9.17, 15) is 0 Å². The van der Waals surface area contributed by atoms with Crippen LogP contribution in [0.2, 0.25) is 5.02 Å². The van der Waals surface area contributed by atoms with Crippen molar-refractivity contribution < 1.29 is 4.74 Å². The Hall–Kier alpha value is -2.70. The van der Waals surface area contributed by atoms with Crippen molar-refractivity contribution in [3.63, 3.8) is 0 Å². The molecule has 1 unspecified atom stereocenters. The quantitative estimate of drug-likeness (QED) is 0.571. The number of benzene rings is 2. The SMILES string of the molecule is COCc1cc(NC(C)c2ccc(Cl)c3ccccc23)n2ncnc2n1. The Morgan fingerprint density at radius 1 is 1.19 bits per heavy atom. The fourth-order valence-electron chi connectivity index (χ4n) is 3.15. The van der Waals surface area contributed by atoms with E-state index in [0.29, 0.717) is 12.4 Å². The van der Waals surface area contributed by atoms with Crippen molar-refractivity contribution in [2.45, 2.75) is 19.6 Å². The van der Waals surface area contributed by atoms with E-state index in [-0.39, 0.29) is 6.04 Å². The molecule has 0 amide bonds. The molecule has 0 bridgehead atoms. The largest absolute Gasteiger partial charge is 0.378 e. The molecular weight excluding hydrogens is 350 g/mol. The second-order valence-electron chi connectivity index (χ2n) is 6.09. The van der Waals surface area contributed by atoms with Gasteiger partial charge in [-0.1, -0.05) is 41.9 Å². The van der Waals surface area contributed by atoms with Crippen molar-refractivity contribution in [3.8, 4) is 0 Å². The zero-order chi connectivity index (χ0) is 18.1. The smallest absolute Gasteiger partial charge is 0.254 e. The van der Waals surface area contributed by atoms with Crippen molar-refractivity contribution in [1.82, 2.24) is 19.6 Å². The van der Waals surface area contributed by atoms with Crippen LogP contribution in [0.5, 0.6) is 0 Å². The third kappa shape index (κ3) is 2.98. The molecule has 6 nitrogen and oxygen atoms in total. The molecule has 0 aliphatic carbocycles. The lowest BCUT2D eigenvalue weighted by atomic mass is 9.99. The van der Waals surface area contributed by atoms with Gasteiger partial charge in [-0.25, -0.2) is 4.98 Å². The van der Waals surface area contributed by atoms with Gasteiger partial charge in [-0.2, -0.15) is 14.6 Å². The summed E-state index contributed by atoms with van der Waals surface area (Å²) in [5.74, 6) is 1.35. The third-order valence-corrected chi connectivity index (χ3v) is 4.66. The Labute approximate surface area is 155 Å². The molecule has 132 valence electrons. The monoisotopic (exact) mass is 367 g/mol. The van der Waals surface area contributed by atoms with Gasteiger partial charge >= 0.3 is 0 Å². The summed E-state index contributed by atoms with van der Waals surface area (Å²) in [6.07, 6.45) is 1.49. The number of hydrogen-bond donors (Lipinski definition) is 1. The van der Waals surface area contributed by atoms with E-state index in [0.717, 1.165) is 32.9 Å². The van der Waals surface area contributed by atoms with Gasteiger partial charge in [0.15, 0.2) is 0 Å². The maximum absolute atomic E-state index is 6.35. The predicted octanol–water partition coefficient (Wildman–Crippen LogP) is 4.25. The number of ether oxygens (including phenoxy) is 1. The number of halogens is 1. The van der Waals surface area contributed by atoms with Gasteiger partial charge in [-0.05, 0) is 23.9 Å². The molecule has 1 atom stereocenters. The van der Waals surface area contributed by atoms with E-state index >= 15 is 0 Å². The molecule has 0 saturated carbocycles. The maximum Gasteiger partial charge on any atom is 0.254 e. The van der Waals surface area contributed by atoms with Crippen LogP contribution in [0, 0.1) is 0 Å². The van der Waals surface area contributed by atoms with Crippen LogP contribution in [-0.2, 0) is 11.3 Å². The molecule has 0 radical (unpaired) electrons. The number of hydrogen-bond acceptors (Lipinski definition) is 5. The summed E-state index contributed by atoms with van der Waals surface area (Å²) in [6, 6.07) is 14.1. The summed E-state index contributed by atoms with van der Waals surface area (Å²) in [5.41, 5.74) is 1.95. The van der Waals surface area contributed by atoms with Crippen molar-refractivity contribution in [1.29, 1.82) is 0 Å². The van der Waals surface area contributed by atoms with Gasteiger partial charge in [-0.15, -0.1) is 0 Å². The molecule has 0 aliphatic rings. The highest BCUT2D eigenvalue weighted by molar-refractivity contribution is 6.35. The third-order valence-electron chi connectivity index (χ3n) is 4.33. The number of methoxy groups -OCH3 is 1. The van der Waals surface area contributed by atoms with Crippen LogP contribution < -0.4 is 5.32 Å². The lowest BCUT2D eigenvalue weighted by Gasteiger charge is -2.19. The minimum Gasteiger partial charge on any atom is -0.378 e. The van der Waals surface area contributed by atoms with Crippen LogP contribution >= 0.6 is 11.6 Å². The fourth-order valence-corrected chi connectivity index (χ4v) is 3.38. The molecule has 4 aromatic rings. The van der Waals surface area contributed by atoms with Crippen molar-refractivity contribution >= 4 is 34.0 Å². The number of nitrogens with zero attached hydrogens (tertiary/aromatic N) is 4. The molecule has 0 saturated heterocycles. The summed E-state index contributed by atoms with van der Waals surface area (Å²) in [6.45, 7) is 2.52. The number of nitrogens with one attached hydrogen (secondary N) is 1. The lowest BCUT2D eigenvalue weighted by molar-refractivity contribution is 0.181. The van der Waals surface area contributed by atoms with Gasteiger partial charge in [0.25, 0.3) is 5.78 Å². The average Bonchev–Trinajstić information content (AvgIpc) is 3.11. The topological polar surface area (TPSA) is 64.3 Å². The van der Waals surface area contributed by atoms with Gasteiger partial charge in [0.2, 0.25) is 0 Å². The molecular formula is C19H18ClN5O. The van der Waals surface area contributed by atoms with Crippen LogP contribution in [0.3, 0.4) is 0 Å². The fraction of sp³-hybridized carbons (Fsp3) is 0.211.